The average Bonchev–Trinajstić information content (AvgIpc) is 3.25. The minimum Gasteiger partial charge on any atom is -0.497 e. The SMILES string of the molecule is COc1ccc(OC)c(NCC(=O)Nc2ccc(OCC3CCCO3)cc2)c1. The third kappa shape index (κ3) is 5.53. The first-order valence-corrected chi connectivity index (χ1v) is 9.28. The Morgan fingerprint density at radius 2 is 1.89 bits per heavy atom. The smallest absolute Gasteiger partial charge is 0.243 e. The first-order chi connectivity index (χ1) is 13.7. The van der Waals surface area contributed by atoms with Crippen LogP contribution in [0.1, 0.15) is 12.8 Å². The lowest BCUT2D eigenvalue weighted by Gasteiger charge is -2.13. The molecule has 1 amide bonds. The number of methoxy groups -OCH3 is 2. The minimum absolute atomic E-state index is 0.0980. The summed E-state index contributed by atoms with van der Waals surface area (Å²) in [6, 6.07) is 12.7. The lowest BCUT2D eigenvalue weighted by Crippen LogP contribution is -2.22. The van der Waals surface area contributed by atoms with Crippen LogP contribution in [0.5, 0.6) is 17.2 Å². The summed E-state index contributed by atoms with van der Waals surface area (Å²) in [4.78, 5) is 12.2. The van der Waals surface area contributed by atoms with E-state index in [9.17, 15) is 4.79 Å². The summed E-state index contributed by atoms with van der Waals surface area (Å²) in [5.41, 5.74) is 1.39. The van der Waals surface area contributed by atoms with E-state index in [2.05, 4.69) is 10.6 Å². The fourth-order valence-electron chi connectivity index (χ4n) is 2.93. The van der Waals surface area contributed by atoms with E-state index in [0.717, 1.165) is 25.2 Å². The van der Waals surface area contributed by atoms with Gasteiger partial charge in [-0.05, 0) is 49.2 Å². The van der Waals surface area contributed by atoms with Crippen LogP contribution >= 0.6 is 0 Å². The number of carbonyl (C=O) groups is 1. The molecule has 0 bridgehead atoms. The molecule has 1 atom stereocenters. The molecule has 0 saturated carbocycles. The highest BCUT2D eigenvalue weighted by atomic mass is 16.5. The molecule has 0 aromatic heterocycles. The molecular formula is C21H26N2O5. The lowest BCUT2D eigenvalue weighted by molar-refractivity contribution is -0.114. The molecule has 150 valence electrons. The maximum absolute atomic E-state index is 12.2. The van der Waals surface area contributed by atoms with Gasteiger partial charge in [-0.25, -0.2) is 0 Å². The molecule has 28 heavy (non-hydrogen) atoms. The average molecular weight is 386 g/mol. The summed E-state index contributed by atoms with van der Waals surface area (Å²) in [6.07, 6.45) is 2.31. The van der Waals surface area contributed by atoms with Gasteiger partial charge in [0, 0.05) is 18.4 Å². The van der Waals surface area contributed by atoms with Gasteiger partial charge in [-0.2, -0.15) is 0 Å². The number of hydrogen-bond donors (Lipinski definition) is 2. The first-order valence-electron chi connectivity index (χ1n) is 9.28. The second-order valence-electron chi connectivity index (χ2n) is 6.44. The fourth-order valence-corrected chi connectivity index (χ4v) is 2.93. The molecule has 1 aliphatic rings. The van der Waals surface area contributed by atoms with E-state index >= 15 is 0 Å². The molecule has 2 aromatic carbocycles. The Kier molecular flexibility index (Phi) is 6.97. The Labute approximate surface area is 164 Å². The monoisotopic (exact) mass is 386 g/mol. The summed E-state index contributed by atoms with van der Waals surface area (Å²) < 4.78 is 21.8. The lowest BCUT2D eigenvalue weighted by atomic mass is 10.2. The Bertz CT molecular complexity index is 773. The highest BCUT2D eigenvalue weighted by molar-refractivity contribution is 5.94. The third-order valence-corrected chi connectivity index (χ3v) is 4.44. The van der Waals surface area contributed by atoms with Crippen LogP contribution in [0.2, 0.25) is 0 Å². The minimum atomic E-state index is -0.169. The van der Waals surface area contributed by atoms with Crippen LogP contribution in [-0.2, 0) is 9.53 Å². The van der Waals surface area contributed by atoms with Gasteiger partial charge in [-0.1, -0.05) is 0 Å². The summed E-state index contributed by atoms with van der Waals surface area (Å²) >= 11 is 0. The van der Waals surface area contributed by atoms with E-state index in [1.165, 1.54) is 0 Å². The standard InChI is InChI=1S/C21H26N2O5/c1-25-17-9-10-20(26-2)19(12-17)22-13-21(24)23-15-5-7-16(8-6-15)28-14-18-4-3-11-27-18/h5-10,12,18,22H,3-4,11,13-14H2,1-2H3,(H,23,24). The number of hydrogen-bond acceptors (Lipinski definition) is 6. The van der Waals surface area contributed by atoms with Crippen molar-refractivity contribution in [2.24, 2.45) is 0 Å². The molecule has 3 rings (SSSR count). The number of benzene rings is 2. The molecular weight excluding hydrogens is 360 g/mol. The zero-order valence-electron chi connectivity index (χ0n) is 16.2. The van der Waals surface area contributed by atoms with Gasteiger partial charge in [0.25, 0.3) is 0 Å². The van der Waals surface area contributed by atoms with Gasteiger partial charge in [0.15, 0.2) is 0 Å². The fraction of sp³-hybridized carbons (Fsp3) is 0.381. The van der Waals surface area contributed by atoms with Gasteiger partial charge in [0.05, 0.1) is 32.6 Å². The molecule has 0 spiro atoms. The maximum atomic E-state index is 12.2. The van der Waals surface area contributed by atoms with Gasteiger partial charge in [0.2, 0.25) is 5.91 Å². The molecule has 1 unspecified atom stereocenters. The van der Waals surface area contributed by atoms with Crippen molar-refractivity contribution in [3.63, 3.8) is 0 Å². The molecule has 1 fully saturated rings. The van der Waals surface area contributed by atoms with Crippen LogP contribution < -0.4 is 24.8 Å². The second kappa shape index (κ2) is 9.85. The molecule has 0 aliphatic carbocycles. The van der Waals surface area contributed by atoms with Crippen molar-refractivity contribution in [2.75, 3.05) is 44.6 Å². The number of anilines is 2. The number of ether oxygens (including phenoxy) is 4. The number of carbonyl (C=O) groups excluding carboxylic acids is 1. The number of rotatable bonds is 9. The van der Waals surface area contributed by atoms with Gasteiger partial charge < -0.3 is 29.6 Å². The maximum Gasteiger partial charge on any atom is 0.243 e. The summed E-state index contributed by atoms with van der Waals surface area (Å²) in [5.74, 6) is 1.91. The van der Waals surface area contributed by atoms with Crippen LogP contribution in [0.3, 0.4) is 0 Å². The zero-order valence-corrected chi connectivity index (χ0v) is 16.2. The normalized spacial score (nSPS) is 15.7. The van der Waals surface area contributed by atoms with Crippen LogP contribution in [0, 0.1) is 0 Å². The van der Waals surface area contributed by atoms with E-state index in [-0.39, 0.29) is 18.6 Å². The van der Waals surface area contributed by atoms with Crippen molar-refractivity contribution in [2.45, 2.75) is 18.9 Å². The quantitative estimate of drug-likeness (QED) is 0.688. The molecule has 7 nitrogen and oxygen atoms in total. The predicted octanol–water partition coefficient (Wildman–Crippen LogP) is 3.31. The van der Waals surface area contributed by atoms with Gasteiger partial charge >= 0.3 is 0 Å². The Morgan fingerprint density at radius 3 is 2.57 bits per heavy atom. The van der Waals surface area contributed by atoms with Crippen LogP contribution in [-0.4, -0.2) is 46.0 Å². The van der Waals surface area contributed by atoms with E-state index in [4.69, 9.17) is 18.9 Å². The van der Waals surface area contributed by atoms with Crippen molar-refractivity contribution in [3.8, 4) is 17.2 Å². The largest absolute Gasteiger partial charge is 0.497 e. The molecule has 7 heteroatoms. The van der Waals surface area contributed by atoms with Crippen molar-refractivity contribution in [3.05, 3.63) is 42.5 Å². The Hall–Kier alpha value is -2.93. The first kappa shape index (κ1) is 19.8. The molecule has 0 radical (unpaired) electrons. The summed E-state index contributed by atoms with van der Waals surface area (Å²) in [6.45, 7) is 1.47. The summed E-state index contributed by atoms with van der Waals surface area (Å²) in [7, 11) is 3.17. The van der Waals surface area contributed by atoms with E-state index in [0.29, 0.717) is 29.5 Å². The van der Waals surface area contributed by atoms with E-state index in [1.54, 1.807) is 32.4 Å². The van der Waals surface area contributed by atoms with E-state index < -0.39 is 0 Å². The van der Waals surface area contributed by atoms with Crippen molar-refractivity contribution in [1.29, 1.82) is 0 Å². The number of amides is 1. The van der Waals surface area contributed by atoms with E-state index in [1.807, 2.05) is 24.3 Å². The Morgan fingerprint density at radius 1 is 1.11 bits per heavy atom. The highest BCUT2D eigenvalue weighted by Gasteiger charge is 2.16. The van der Waals surface area contributed by atoms with Gasteiger partial charge in [0.1, 0.15) is 23.9 Å². The molecule has 2 aromatic rings. The molecule has 1 aliphatic heterocycles. The van der Waals surface area contributed by atoms with Crippen molar-refractivity contribution >= 4 is 17.3 Å². The molecule has 1 saturated heterocycles. The Balaban J connectivity index is 1.48. The van der Waals surface area contributed by atoms with Gasteiger partial charge in [-0.3, -0.25) is 4.79 Å². The topological polar surface area (TPSA) is 78.1 Å². The predicted molar refractivity (Wildman–Crippen MR) is 108 cm³/mol. The second-order valence-corrected chi connectivity index (χ2v) is 6.44. The van der Waals surface area contributed by atoms with Crippen LogP contribution in [0.15, 0.2) is 42.5 Å². The van der Waals surface area contributed by atoms with Crippen molar-refractivity contribution in [1.82, 2.24) is 0 Å². The summed E-state index contributed by atoms with van der Waals surface area (Å²) in [5, 5.41) is 5.92. The van der Waals surface area contributed by atoms with Crippen LogP contribution in [0.4, 0.5) is 11.4 Å². The molecule has 1 heterocycles. The highest BCUT2D eigenvalue weighted by Crippen LogP contribution is 2.28. The van der Waals surface area contributed by atoms with Crippen LogP contribution in [0.25, 0.3) is 0 Å². The van der Waals surface area contributed by atoms with Gasteiger partial charge in [-0.15, -0.1) is 0 Å². The third-order valence-electron chi connectivity index (χ3n) is 4.44. The van der Waals surface area contributed by atoms with Crippen molar-refractivity contribution < 1.29 is 23.7 Å². The number of nitrogens with one attached hydrogen (secondary N) is 2. The molecule has 2 N–H and O–H groups in total. The zero-order chi connectivity index (χ0) is 19.8.